The third-order valence-electron chi connectivity index (χ3n) is 1.63. The minimum Gasteiger partial charge on any atom is -0.493 e. The molecule has 0 atom stereocenters. The minimum absolute atomic E-state index is 0.0550. The fourth-order valence-electron chi connectivity index (χ4n) is 1.02. The molecule has 1 aromatic carbocycles. The maximum absolute atomic E-state index is 10.1. The lowest BCUT2D eigenvalue weighted by Crippen LogP contribution is -1.99. The van der Waals surface area contributed by atoms with Gasteiger partial charge in [-0.1, -0.05) is 19.9 Å². The van der Waals surface area contributed by atoms with Gasteiger partial charge in [0.25, 0.3) is 0 Å². The van der Waals surface area contributed by atoms with Crippen molar-refractivity contribution in [1.82, 2.24) is 0 Å². The first-order valence-electron chi connectivity index (χ1n) is 5.80. The number of ether oxygens (including phenoxy) is 3. The van der Waals surface area contributed by atoms with E-state index >= 15 is 0 Å². The van der Waals surface area contributed by atoms with Crippen molar-refractivity contribution in [2.75, 3.05) is 27.9 Å². The van der Waals surface area contributed by atoms with Crippen LogP contribution in [0.3, 0.4) is 0 Å². The third kappa shape index (κ3) is 8.58. The number of methoxy groups -OCH3 is 2. The van der Waals surface area contributed by atoms with Crippen LogP contribution in [0.4, 0.5) is 0 Å². The molecule has 4 nitrogen and oxygen atoms in total. The highest BCUT2D eigenvalue weighted by atomic mass is 16.5. The van der Waals surface area contributed by atoms with Gasteiger partial charge in [0.2, 0.25) is 0 Å². The van der Waals surface area contributed by atoms with Crippen molar-refractivity contribution in [1.29, 1.82) is 0 Å². The van der Waals surface area contributed by atoms with Gasteiger partial charge in [0.1, 0.15) is 6.61 Å². The van der Waals surface area contributed by atoms with Crippen LogP contribution in [0.25, 0.3) is 0 Å². The summed E-state index contributed by atoms with van der Waals surface area (Å²) in [6.45, 7) is 6.02. The Balaban J connectivity index is 0. The normalized spacial score (nSPS) is 8.11. The summed E-state index contributed by atoms with van der Waals surface area (Å²) in [5, 5.41) is 0. The zero-order valence-electron chi connectivity index (χ0n) is 12.1. The first kappa shape index (κ1) is 18.8. The summed E-state index contributed by atoms with van der Waals surface area (Å²) in [6.07, 6.45) is 0.708. The van der Waals surface area contributed by atoms with Crippen LogP contribution in [0, 0.1) is 6.92 Å². The lowest BCUT2D eigenvalue weighted by atomic mass is 10.2. The van der Waals surface area contributed by atoms with Crippen LogP contribution in [0.2, 0.25) is 0 Å². The highest BCUT2D eigenvalue weighted by molar-refractivity contribution is 5.52. The molecule has 1 rings (SSSR count). The van der Waals surface area contributed by atoms with Crippen LogP contribution in [-0.4, -0.2) is 34.2 Å². The van der Waals surface area contributed by atoms with Gasteiger partial charge in [-0.25, -0.2) is 0 Å². The average Bonchev–Trinajstić information content (AvgIpc) is 2.40. The molecule has 0 amide bonds. The quantitative estimate of drug-likeness (QED) is 0.777. The number of hydrogen-bond donors (Lipinski definition) is 0. The van der Waals surface area contributed by atoms with Crippen molar-refractivity contribution in [2.24, 2.45) is 0 Å². The number of benzene rings is 1. The smallest absolute Gasteiger partial charge is 0.161 e. The lowest BCUT2D eigenvalue weighted by Gasteiger charge is -2.08. The molecule has 104 valence electrons. The monoisotopic (exact) mass is 256 g/mol. The summed E-state index contributed by atoms with van der Waals surface area (Å²) in [4.78, 5) is 10.1. The highest BCUT2D eigenvalue weighted by Gasteiger charge is 2.02. The second kappa shape index (κ2) is 13.5. The molecule has 0 unspecified atom stereocenters. The molecule has 0 spiro atoms. The first-order chi connectivity index (χ1) is 8.69. The van der Waals surface area contributed by atoms with Crippen LogP contribution >= 0.6 is 0 Å². The zero-order valence-corrected chi connectivity index (χ0v) is 12.1. The summed E-state index contributed by atoms with van der Waals surface area (Å²) < 4.78 is 14.5. The fraction of sp³-hybridized carbons (Fsp3) is 0.500. The Morgan fingerprint density at radius 2 is 1.67 bits per heavy atom. The van der Waals surface area contributed by atoms with Crippen LogP contribution in [0.5, 0.6) is 11.5 Å². The van der Waals surface area contributed by atoms with E-state index in [0.717, 1.165) is 5.56 Å². The summed E-state index contributed by atoms with van der Waals surface area (Å²) >= 11 is 0. The second-order valence-electron chi connectivity index (χ2n) is 3.04. The second-order valence-corrected chi connectivity index (χ2v) is 3.04. The van der Waals surface area contributed by atoms with Gasteiger partial charge in [-0.3, -0.25) is 4.79 Å². The van der Waals surface area contributed by atoms with Crippen molar-refractivity contribution in [3.8, 4) is 11.5 Å². The van der Waals surface area contributed by atoms with Gasteiger partial charge < -0.3 is 14.2 Å². The molecule has 0 saturated heterocycles. The molecule has 0 heterocycles. The minimum atomic E-state index is 0.0550. The number of carbonyl (C=O) groups is 1. The first-order valence-corrected chi connectivity index (χ1v) is 5.80. The van der Waals surface area contributed by atoms with E-state index in [9.17, 15) is 4.79 Å². The largest absolute Gasteiger partial charge is 0.493 e. The Kier molecular flexibility index (Phi) is 14.1. The Bertz CT molecular complexity index is 311. The number of rotatable bonds is 4. The fourth-order valence-corrected chi connectivity index (χ4v) is 1.02. The maximum Gasteiger partial charge on any atom is 0.161 e. The Morgan fingerprint density at radius 3 is 2.11 bits per heavy atom. The number of aryl methyl sites for hydroxylation is 1. The Labute approximate surface area is 110 Å². The molecular weight excluding hydrogens is 232 g/mol. The Morgan fingerprint density at radius 1 is 1.11 bits per heavy atom. The van der Waals surface area contributed by atoms with E-state index in [1.807, 2.05) is 32.9 Å². The van der Waals surface area contributed by atoms with Crippen molar-refractivity contribution in [3.63, 3.8) is 0 Å². The number of carbonyl (C=O) groups excluding carboxylic acids is 1. The molecule has 0 fully saturated rings. The summed E-state index contributed by atoms with van der Waals surface area (Å²) in [6, 6.07) is 5.56. The van der Waals surface area contributed by atoms with Crippen molar-refractivity contribution in [2.45, 2.75) is 20.8 Å². The van der Waals surface area contributed by atoms with Crippen LogP contribution in [0.15, 0.2) is 18.2 Å². The van der Waals surface area contributed by atoms with Crippen LogP contribution < -0.4 is 9.47 Å². The predicted octanol–water partition coefficient (Wildman–Crippen LogP) is 2.87. The van der Waals surface area contributed by atoms with Gasteiger partial charge in [0.15, 0.2) is 17.8 Å². The SMILES string of the molecule is CC.COC.COc1cc(C)ccc1OCC=O. The molecule has 0 aliphatic heterocycles. The van der Waals surface area contributed by atoms with E-state index in [4.69, 9.17) is 9.47 Å². The molecule has 0 radical (unpaired) electrons. The molecule has 0 saturated carbocycles. The molecule has 0 aliphatic carbocycles. The lowest BCUT2D eigenvalue weighted by molar-refractivity contribution is -0.109. The number of aldehydes is 1. The van der Waals surface area contributed by atoms with Crippen molar-refractivity contribution in [3.05, 3.63) is 23.8 Å². The van der Waals surface area contributed by atoms with Gasteiger partial charge in [-0.05, 0) is 24.6 Å². The van der Waals surface area contributed by atoms with Gasteiger partial charge >= 0.3 is 0 Å². The van der Waals surface area contributed by atoms with E-state index in [2.05, 4.69) is 4.74 Å². The Hall–Kier alpha value is -1.55. The molecule has 0 N–H and O–H groups in total. The predicted molar refractivity (Wildman–Crippen MR) is 73.6 cm³/mol. The van der Waals surface area contributed by atoms with Crippen molar-refractivity contribution >= 4 is 6.29 Å². The van der Waals surface area contributed by atoms with E-state index < -0.39 is 0 Å². The molecular formula is C14H24O4. The molecule has 0 aromatic heterocycles. The van der Waals surface area contributed by atoms with E-state index in [1.165, 1.54) is 0 Å². The van der Waals surface area contributed by atoms with E-state index in [0.29, 0.717) is 17.8 Å². The molecule has 0 bridgehead atoms. The molecule has 1 aromatic rings. The maximum atomic E-state index is 10.1. The van der Waals surface area contributed by atoms with Gasteiger partial charge in [0.05, 0.1) is 7.11 Å². The molecule has 18 heavy (non-hydrogen) atoms. The standard InChI is InChI=1S/C10H12O3.C2H6O.C2H6/c1-8-3-4-9(13-6-5-11)10(7-8)12-2;1-3-2;1-2/h3-5,7H,6H2,1-2H3;1-2H3;1-2H3. The van der Waals surface area contributed by atoms with Crippen molar-refractivity contribution < 1.29 is 19.0 Å². The summed E-state index contributed by atoms with van der Waals surface area (Å²) in [7, 11) is 4.82. The van der Waals surface area contributed by atoms with Gasteiger partial charge in [0, 0.05) is 14.2 Å². The summed E-state index contributed by atoms with van der Waals surface area (Å²) in [5.74, 6) is 1.25. The third-order valence-corrected chi connectivity index (χ3v) is 1.63. The van der Waals surface area contributed by atoms with E-state index in [1.54, 1.807) is 27.4 Å². The van der Waals surface area contributed by atoms with E-state index in [-0.39, 0.29) is 6.61 Å². The van der Waals surface area contributed by atoms with Gasteiger partial charge in [-0.2, -0.15) is 0 Å². The van der Waals surface area contributed by atoms with Gasteiger partial charge in [-0.15, -0.1) is 0 Å². The average molecular weight is 256 g/mol. The molecule has 0 aliphatic rings. The molecule has 4 heteroatoms. The summed E-state index contributed by atoms with van der Waals surface area (Å²) in [5.41, 5.74) is 1.09. The highest BCUT2D eigenvalue weighted by Crippen LogP contribution is 2.27. The number of hydrogen-bond acceptors (Lipinski definition) is 4. The van der Waals surface area contributed by atoms with Crippen LogP contribution in [0.1, 0.15) is 19.4 Å². The zero-order chi connectivity index (χ0) is 14.4. The topological polar surface area (TPSA) is 44.8 Å². The van der Waals surface area contributed by atoms with Crippen LogP contribution in [-0.2, 0) is 9.53 Å².